The third kappa shape index (κ3) is 2.43. The third-order valence-corrected chi connectivity index (χ3v) is 3.10. The van der Waals surface area contributed by atoms with Gasteiger partial charge < -0.3 is 11.1 Å². The van der Waals surface area contributed by atoms with Crippen molar-refractivity contribution >= 4 is 11.5 Å². The molecule has 0 aromatic carbocycles. The van der Waals surface area contributed by atoms with Gasteiger partial charge in [-0.2, -0.15) is 0 Å². The smallest absolute Gasteiger partial charge is 0.203 e. The van der Waals surface area contributed by atoms with Crippen molar-refractivity contribution in [1.82, 2.24) is 19.6 Å². The summed E-state index contributed by atoms with van der Waals surface area (Å²) in [6, 6.07) is 0.297. The number of nitrogens with zero attached hydrogens (tertiary/aromatic N) is 4. The van der Waals surface area contributed by atoms with E-state index >= 15 is 0 Å². The van der Waals surface area contributed by atoms with Gasteiger partial charge in [-0.15, -0.1) is 10.2 Å². The summed E-state index contributed by atoms with van der Waals surface area (Å²) in [5.74, 6) is 2.11. The fourth-order valence-corrected chi connectivity index (χ4v) is 1.97. The van der Waals surface area contributed by atoms with Gasteiger partial charge in [0.15, 0.2) is 5.82 Å². The van der Waals surface area contributed by atoms with E-state index in [4.69, 9.17) is 5.73 Å². The van der Waals surface area contributed by atoms with Crippen LogP contribution >= 0.6 is 0 Å². The Morgan fingerprint density at radius 1 is 1.39 bits per heavy atom. The van der Waals surface area contributed by atoms with Gasteiger partial charge >= 0.3 is 0 Å². The SMILES string of the molecule is Cc1nnc2c(NC(CCN)C(C)C)nccn12. The number of aryl methyl sites for hydroxylation is 1. The third-order valence-electron chi connectivity index (χ3n) is 3.10. The normalized spacial score (nSPS) is 13.2. The minimum absolute atomic E-state index is 0.297. The molecule has 2 aromatic rings. The topological polar surface area (TPSA) is 81.1 Å². The minimum atomic E-state index is 0.297. The van der Waals surface area contributed by atoms with Crippen LogP contribution in [0.25, 0.3) is 5.65 Å². The molecule has 0 aliphatic carbocycles. The predicted octanol–water partition coefficient (Wildman–Crippen LogP) is 1.22. The van der Waals surface area contributed by atoms with E-state index in [9.17, 15) is 0 Å². The molecule has 0 aliphatic rings. The van der Waals surface area contributed by atoms with E-state index in [1.165, 1.54) is 0 Å². The monoisotopic (exact) mass is 248 g/mol. The molecule has 98 valence electrons. The first-order chi connectivity index (χ1) is 8.63. The number of fused-ring (bicyclic) bond motifs is 1. The van der Waals surface area contributed by atoms with Crippen LogP contribution in [0.4, 0.5) is 5.82 Å². The van der Waals surface area contributed by atoms with Crippen molar-refractivity contribution in [3.63, 3.8) is 0 Å². The summed E-state index contributed by atoms with van der Waals surface area (Å²) >= 11 is 0. The van der Waals surface area contributed by atoms with Gasteiger partial charge in [0.05, 0.1) is 0 Å². The molecule has 6 heteroatoms. The Kier molecular flexibility index (Phi) is 3.76. The van der Waals surface area contributed by atoms with Crippen LogP contribution in [0.1, 0.15) is 26.1 Å². The number of nitrogens with two attached hydrogens (primary N) is 1. The van der Waals surface area contributed by atoms with Crippen LogP contribution in [0.3, 0.4) is 0 Å². The zero-order valence-electron chi connectivity index (χ0n) is 11.1. The highest BCUT2D eigenvalue weighted by Crippen LogP contribution is 2.17. The van der Waals surface area contributed by atoms with E-state index in [1.807, 2.05) is 17.5 Å². The number of rotatable bonds is 5. The van der Waals surface area contributed by atoms with E-state index in [1.54, 1.807) is 6.20 Å². The molecule has 0 radical (unpaired) electrons. The molecule has 0 spiro atoms. The van der Waals surface area contributed by atoms with Gasteiger partial charge in [0.25, 0.3) is 0 Å². The second-order valence-corrected chi connectivity index (χ2v) is 4.79. The van der Waals surface area contributed by atoms with Gasteiger partial charge in [0.1, 0.15) is 5.82 Å². The molecular formula is C12H20N6. The highest BCUT2D eigenvalue weighted by atomic mass is 15.3. The quantitative estimate of drug-likeness (QED) is 0.831. The van der Waals surface area contributed by atoms with Gasteiger partial charge in [-0.05, 0) is 25.8 Å². The Bertz CT molecular complexity index is 518. The van der Waals surface area contributed by atoms with Crippen molar-refractivity contribution in [2.75, 3.05) is 11.9 Å². The van der Waals surface area contributed by atoms with Crippen LogP contribution in [-0.4, -0.2) is 32.2 Å². The highest BCUT2D eigenvalue weighted by Gasteiger charge is 2.15. The summed E-state index contributed by atoms with van der Waals surface area (Å²) in [5, 5.41) is 11.6. The second-order valence-electron chi connectivity index (χ2n) is 4.79. The van der Waals surface area contributed by atoms with Crippen molar-refractivity contribution < 1.29 is 0 Å². The predicted molar refractivity (Wildman–Crippen MR) is 71.4 cm³/mol. The summed E-state index contributed by atoms with van der Waals surface area (Å²) < 4.78 is 1.93. The maximum absolute atomic E-state index is 5.64. The van der Waals surface area contributed by atoms with Gasteiger partial charge in [0.2, 0.25) is 5.65 Å². The lowest BCUT2D eigenvalue weighted by Crippen LogP contribution is -2.29. The number of anilines is 1. The fraction of sp³-hybridized carbons (Fsp3) is 0.583. The molecule has 0 aliphatic heterocycles. The lowest BCUT2D eigenvalue weighted by molar-refractivity contribution is 0.497. The van der Waals surface area contributed by atoms with Crippen LogP contribution in [0.15, 0.2) is 12.4 Å². The van der Waals surface area contributed by atoms with Gasteiger partial charge in [-0.1, -0.05) is 13.8 Å². The molecule has 6 nitrogen and oxygen atoms in total. The Morgan fingerprint density at radius 3 is 2.83 bits per heavy atom. The molecule has 1 atom stereocenters. The summed E-state index contributed by atoms with van der Waals surface area (Å²) in [6.45, 7) is 6.92. The van der Waals surface area contributed by atoms with E-state index in [0.717, 1.165) is 23.7 Å². The van der Waals surface area contributed by atoms with Crippen LogP contribution in [-0.2, 0) is 0 Å². The molecule has 3 N–H and O–H groups in total. The van der Waals surface area contributed by atoms with Crippen molar-refractivity contribution in [1.29, 1.82) is 0 Å². The number of hydrogen-bond donors (Lipinski definition) is 2. The Labute approximate surface area is 107 Å². The largest absolute Gasteiger partial charge is 0.364 e. The first-order valence-corrected chi connectivity index (χ1v) is 6.26. The standard InChI is InChI=1S/C12H20N6/c1-8(2)10(4-5-13)15-11-12-17-16-9(3)18(12)7-6-14-11/h6-8,10H,4-5,13H2,1-3H3,(H,14,15). The molecular weight excluding hydrogens is 228 g/mol. The first-order valence-electron chi connectivity index (χ1n) is 6.26. The lowest BCUT2D eigenvalue weighted by Gasteiger charge is -2.22. The summed E-state index contributed by atoms with van der Waals surface area (Å²) in [7, 11) is 0. The molecule has 1 unspecified atom stereocenters. The fourth-order valence-electron chi connectivity index (χ4n) is 1.97. The zero-order chi connectivity index (χ0) is 13.1. The second kappa shape index (κ2) is 5.30. The molecule has 2 rings (SSSR count). The molecule has 0 saturated carbocycles. The van der Waals surface area contributed by atoms with Crippen molar-refractivity contribution in [3.05, 3.63) is 18.2 Å². The number of aromatic nitrogens is 4. The van der Waals surface area contributed by atoms with Gasteiger partial charge in [-0.25, -0.2) is 4.98 Å². The van der Waals surface area contributed by atoms with Crippen LogP contribution < -0.4 is 11.1 Å². The average molecular weight is 248 g/mol. The van der Waals surface area contributed by atoms with E-state index < -0.39 is 0 Å². The van der Waals surface area contributed by atoms with Crippen LogP contribution in [0.2, 0.25) is 0 Å². The molecule has 2 aromatic heterocycles. The average Bonchev–Trinajstić information content (AvgIpc) is 2.72. The van der Waals surface area contributed by atoms with E-state index in [0.29, 0.717) is 18.5 Å². The Balaban J connectivity index is 2.30. The molecule has 18 heavy (non-hydrogen) atoms. The molecule has 2 heterocycles. The number of nitrogens with one attached hydrogen (secondary N) is 1. The first kappa shape index (κ1) is 12.8. The van der Waals surface area contributed by atoms with Crippen molar-refractivity contribution in [3.8, 4) is 0 Å². The Hall–Kier alpha value is -1.69. The Morgan fingerprint density at radius 2 is 2.17 bits per heavy atom. The maximum Gasteiger partial charge on any atom is 0.203 e. The molecule has 0 bridgehead atoms. The summed E-state index contributed by atoms with van der Waals surface area (Å²) in [4.78, 5) is 4.35. The zero-order valence-corrected chi connectivity index (χ0v) is 11.1. The van der Waals surface area contributed by atoms with Gasteiger partial charge in [-0.3, -0.25) is 4.40 Å². The summed E-state index contributed by atoms with van der Waals surface area (Å²) in [6.07, 6.45) is 4.53. The molecule has 0 amide bonds. The lowest BCUT2D eigenvalue weighted by atomic mass is 10.0. The number of hydrogen-bond acceptors (Lipinski definition) is 5. The molecule has 0 fully saturated rings. The minimum Gasteiger partial charge on any atom is -0.364 e. The summed E-state index contributed by atoms with van der Waals surface area (Å²) in [5.41, 5.74) is 6.41. The van der Waals surface area contributed by atoms with Gasteiger partial charge in [0, 0.05) is 18.4 Å². The maximum atomic E-state index is 5.64. The highest BCUT2D eigenvalue weighted by molar-refractivity contribution is 5.62. The molecule has 0 saturated heterocycles. The van der Waals surface area contributed by atoms with E-state index in [2.05, 4.69) is 34.3 Å². The van der Waals surface area contributed by atoms with Crippen molar-refractivity contribution in [2.24, 2.45) is 11.7 Å². The van der Waals surface area contributed by atoms with Crippen LogP contribution in [0.5, 0.6) is 0 Å². The van der Waals surface area contributed by atoms with Crippen LogP contribution in [0, 0.1) is 12.8 Å². The van der Waals surface area contributed by atoms with E-state index in [-0.39, 0.29) is 0 Å². The van der Waals surface area contributed by atoms with Crippen molar-refractivity contribution in [2.45, 2.75) is 33.2 Å².